The van der Waals surface area contributed by atoms with Crippen LogP contribution in [0.25, 0.3) is 0 Å². The first kappa shape index (κ1) is 8.51. The molecule has 0 unspecified atom stereocenters. The molecular formula is C6H11N5O. The number of amides is 1. The van der Waals surface area contributed by atoms with E-state index in [-0.39, 0.29) is 17.8 Å². The quantitative estimate of drug-likeness (QED) is 0.322. The molecule has 0 saturated carbocycles. The van der Waals surface area contributed by atoms with Gasteiger partial charge < -0.3 is 16.4 Å². The zero-order chi connectivity index (χ0) is 9.14. The number of carbonyl (C=O) groups excluding carboxylic acids is 1. The van der Waals surface area contributed by atoms with E-state index in [9.17, 15) is 4.79 Å². The number of rotatable bonds is 1. The summed E-state index contributed by atoms with van der Waals surface area (Å²) in [7, 11) is 0. The highest BCUT2D eigenvalue weighted by Crippen LogP contribution is 2.15. The van der Waals surface area contributed by atoms with E-state index in [0.29, 0.717) is 13.1 Å². The van der Waals surface area contributed by atoms with Crippen LogP contribution < -0.4 is 11.5 Å². The highest BCUT2D eigenvalue weighted by molar-refractivity contribution is 5.88. The second-order valence-electron chi connectivity index (χ2n) is 2.60. The number of guanidine groups is 1. The van der Waals surface area contributed by atoms with E-state index in [0.717, 1.165) is 6.34 Å². The van der Waals surface area contributed by atoms with Crippen molar-refractivity contribution in [3.63, 3.8) is 0 Å². The van der Waals surface area contributed by atoms with Crippen LogP contribution in [-0.2, 0) is 4.79 Å². The predicted molar refractivity (Wildman–Crippen MR) is 44.7 cm³/mol. The lowest BCUT2D eigenvalue weighted by atomic mass is 10.0. The van der Waals surface area contributed by atoms with Gasteiger partial charge in [-0.05, 0) is 0 Å². The molecule has 1 aliphatic heterocycles. The van der Waals surface area contributed by atoms with Crippen molar-refractivity contribution in [2.24, 2.45) is 22.4 Å². The summed E-state index contributed by atoms with van der Waals surface area (Å²) in [5, 5.41) is 7.01. The van der Waals surface area contributed by atoms with Crippen LogP contribution in [0.3, 0.4) is 0 Å². The van der Waals surface area contributed by atoms with Crippen molar-refractivity contribution in [1.82, 2.24) is 4.90 Å². The van der Waals surface area contributed by atoms with Gasteiger partial charge in [0.15, 0.2) is 5.96 Å². The van der Waals surface area contributed by atoms with E-state index in [1.54, 1.807) is 4.90 Å². The Bertz CT molecular complexity index is 230. The maximum Gasteiger partial charge on any atom is 0.253 e. The minimum Gasteiger partial charge on any atom is -0.390 e. The van der Waals surface area contributed by atoms with Gasteiger partial charge in [0.2, 0.25) is 0 Å². The van der Waals surface area contributed by atoms with Gasteiger partial charge in [-0.2, -0.15) is 0 Å². The molecule has 1 heterocycles. The lowest BCUT2D eigenvalue weighted by Gasteiger charge is -2.37. The second kappa shape index (κ2) is 3.21. The van der Waals surface area contributed by atoms with Crippen molar-refractivity contribution in [3.05, 3.63) is 0 Å². The molecule has 0 aromatic rings. The van der Waals surface area contributed by atoms with Crippen molar-refractivity contribution in [2.75, 3.05) is 13.1 Å². The number of likely N-dealkylation sites (tertiary alicyclic amines) is 1. The molecular weight excluding hydrogens is 158 g/mol. The summed E-state index contributed by atoms with van der Waals surface area (Å²) in [5.41, 5.74) is 10.1. The SMILES string of the molecule is N=C(N)N1CC(C(=O)N=CN)C1. The number of carbonyl (C=O) groups is 1. The molecule has 5 N–H and O–H groups in total. The van der Waals surface area contributed by atoms with Gasteiger partial charge >= 0.3 is 0 Å². The molecule has 6 heteroatoms. The van der Waals surface area contributed by atoms with E-state index >= 15 is 0 Å². The minimum atomic E-state index is -0.241. The summed E-state index contributed by atoms with van der Waals surface area (Å²) in [6, 6.07) is 0. The van der Waals surface area contributed by atoms with Crippen LogP contribution in [0.5, 0.6) is 0 Å². The molecule has 0 aromatic heterocycles. The number of nitrogens with one attached hydrogen (secondary N) is 1. The van der Waals surface area contributed by atoms with E-state index in [2.05, 4.69) is 4.99 Å². The lowest BCUT2D eigenvalue weighted by molar-refractivity contribution is -0.124. The van der Waals surface area contributed by atoms with Crippen LogP contribution in [0.2, 0.25) is 0 Å². The standard InChI is InChI=1S/C6H11N5O/c7-3-10-5(12)4-1-11(2-4)6(8)9/h3-4H,1-2H2,(H3,8,9)(H2,7,10,12). The first-order valence-electron chi connectivity index (χ1n) is 3.52. The molecule has 0 spiro atoms. The van der Waals surface area contributed by atoms with Gasteiger partial charge in [-0.1, -0.05) is 0 Å². The molecule has 0 bridgehead atoms. The number of aliphatic imine (C=N–C) groups is 1. The zero-order valence-electron chi connectivity index (χ0n) is 6.53. The fraction of sp³-hybridized carbons (Fsp3) is 0.500. The third-order valence-electron chi connectivity index (χ3n) is 1.77. The summed E-state index contributed by atoms with van der Waals surface area (Å²) in [5.74, 6) is -0.389. The van der Waals surface area contributed by atoms with Gasteiger partial charge in [-0.3, -0.25) is 10.2 Å². The van der Waals surface area contributed by atoms with Gasteiger partial charge in [0.25, 0.3) is 5.91 Å². The van der Waals surface area contributed by atoms with Crippen LogP contribution in [0.1, 0.15) is 0 Å². The van der Waals surface area contributed by atoms with Gasteiger partial charge in [0.05, 0.1) is 12.3 Å². The fourth-order valence-electron chi connectivity index (χ4n) is 1.01. The molecule has 0 aromatic carbocycles. The molecule has 1 rings (SSSR count). The third-order valence-corrected chi connectivity index (χ3v) is 1.77. The molecule has 1 aliphatic rings. The highest BCUT2D eigenvalue weighted by Gasteiger charge is 2.32. The van der Waals surface area contributed by atoms with Gasteiger partial charge in [-0.15, -0.1) is 0 Å². The zero-order valence-corrected chi connectivity index (χ0v) is 6.53. The van der Waals surface area contributed by atoms with E-state index < -0.39 is 0 Å². The lowest BCUT2D eigenvalue weighted by Crippen LogP contribution is -2.55. The Hall–Kier alpha value is -1.59. The number of hydrogen-bond donors (Lipinski definition) is 3. The Balaban J connectivity index is 2.34. The van der Waals surface area contributed by atoms with Gasteiger partial charge in [0.1, 0.15) is 0 Å². The molecule has 1 saturated heterocycles. The minimum absolute atomic E-state index is 0.00391. The Morgan fingerprint density at radius 1 is 1.67 bits per heavy atom. The molecule has 0 atom stereocenters. The summed E-state index contributed by atoms with van der Waals surface area (Å²) in [6.45, 7) is 0.955. The molecule has 6 nitrogen and oxygen atoms in total. The second-order valence-corrected chi connectivity index (χ2v) is 2.60. The highest BCUT2D eigenvalue weighted by atomic mass is 16.1. The first-order chi connectivity index (χ1) is 5.65. The van der Waals surface area contributed by atoms with Gasteiger partial charge in [-0.25, -0.2) is 4.99 Å². The van der Waals surface area contributed by atoms with Crippen molar-refractivity contribution < 1.29 is 4.79 Å². The van der Waals surface area contributed by atoms with Gasteiger partial charge in [0, 0.05) is 13.1 Å². The van der Waals surface area contributed by atoms with Crippen molar-refractivity contribution >= 4 is 18.2 Å². The van der Waals surface area contributed by atoms with E-state index in [1.165, 1.54) is 0 Å². The summed E-state index contributed by atoms with van der Waals surface area (Å²) < 4.78 is 0. The molecule has 12 heavy (non-hydrogen) atoms. The number of nitrogens with zero attached hydrogens (tertiary/aromatic N) is 2. The third kappa shape index (κ3) is 1.52. The average Bonchev–Trinajstić information content (AvgIpc) is 1.82. The van der Waals surface area contributed by atoms with Crippen molar-refractivity contribution in [1.29, 1.82) is 5.41 Å². The van der Waals surface area contributed by atoms with Crippen molar-refractivity contribution in [3.8, 4) is 0 Å². The van der Waals surface area contributed by atoms with Crippen LogP contribution in [-0.4, -0.2) is 36.2 Å². The van der Waals surface area contributed by atoms with Crippen LogP contribution >= 0.6 is 0 Å². The topological polar surface area (TPSA) is 109 Å². The number of hydrogen-bond acceptors (Lipinski definition) is 2. The number of nitrogens with two attached hydrogens (primary N) is 2. The van der Waals surface area contributed by atoms with E-state index in [4.69, 9.17) is 16.9 Å². The molecule has 0 radical (unpaired) electrons. The van der Waals surface area contributed by atoms with Crippen LogP contribution in [0.4, 0.5) is 0 Å². The summed E-state index contributed by atoms with van der Waals surface area (Å²) >= 11 is 0. The normalized spacial score (nSPS) is 17.8. The summed E-state index contributed by atoms with van der Waals surface area (Å²) in [6.07, 6.45) is 0.985. The average molecular weight is 169 g/mol. The maximum atomic E-state index is 11.0. The Kier molecular flexibility index (Phi) is 2.27. The summed E-state index contributed by atoms with van der Waals surface area (Å²) in [4.78, 5) is 16.0. The Morgan fingerprint density at radius 2 is 2.25 bits per heavy atom. The largest absolute Gasteiger partial charge is 0.390 e. The Morgan fingerprint density at radius 3 is 2.67 bits per heavy atom. The van der Waals surface area contributed by atoms with Crippen LogP contribution in [0, 0.1) is 11.3 Å². The van der Waals surface area contributed by atoms with E-state index in [1.807, 2.05) is 0 Å². The molecule has 66 valence electrons. The van der Waals surface area contributed by atoms with Crippen molar-refractivity contribution in [2.45, 2.75) is 0 Å². The monoisotopic (exact) mass is 169 g/mol. The van der Waals surface area contributed by atoms with Crippen LogP contribution in [0.15, 0.2) is 4.99 Å². The maximum absolute atomic E-state index is 11.0. The molecule has 0 aliphatic carbocycles. The predicted octanol–water partition coefficient (Wildman–Crippen LogP) is -1.67. The fourth-order valence-corrected chi connectivity index (χ4v) is 1.01. The first-order valence-corrected chi connectivity index (χ1v) is 3.52. The molecule has 1 fully saturated rings. The Labute approximate surface area is 69.7 Å². The smallest absolute Gasteiger partial charge is 0.253 e. The molecule has 1 amide bonds.